The predicted octanol–water partition coefficient (Wildman–Crippen LogP) is 4.66. The van der Waals surface area contributed by atoms with Gasteiger partial charge in [0.25, 0.3) is 0 Å². The molecule has 2 rings (SSSR count). The van der Waals surface area contributed by atoms with E-state index in [-0.39, 0.29) is 6.04 Å². The van der Waals surface area contributed by atoms with Crippen molar-refractivity contribution in [3.05, 3.63) is 68.7 Å². The van der Waals surface area contributed by atoms with Gasteiger partial charge in [0, 0.05) is 10.0 Å². The van der Waals surface area contributed by atoms with E-state index in [0.717, 1.165) is 11.1 Å². The SMILES string of the molecule is Cc1ccc(C(N)c2cc(Cl)cc(Cl)c2)cc1C. The fourth-order valence-corrected chi connectivity index (χ4v) is 2.45. The van der Waals surface area contributed by atoms with Crippen molar-refractivity contribution in [1.82, 2.24) is 0 Å². The van der Waals surface area contributed by atoms with Crippen LogP contribution < -0.4 is 5.73 Å². The van der Waals surface area contributed by atoms with Gasteiger partial charge in [0.15, 0.2) is 0 Å². The van der Waals surface area contributed by atoms with Gasteiger partial charge >= 0.3 is 0 Å². The van der Waals surface area contributed by atoms with E-state index in [1.807, 2.05) is 18.2 Å². The molecule has 0 aromatic heterocycles. The van der Waals surface area contributed by atoms with E-state index in [0.29, 0.717) is 10.0 Å². The first kappa shape index (κ1) is 13.4. The molecule has 0 heterocycles. The average Bonchev–Trinajstić information content (AvgIpc) is 2.30. The smallest absolute Gasteiger partial charge is 0.0552 e. The molecule has 0 radical (unpaired) electrons. The molecule has 2 aromatic rings. The lowest BCUT2D eigenvalue weighted by Gasteiger charge is -2.15. The zero-order valence-electron chi connectivity index (χ0n) is 10.4. The van der Waals surface area contributed by atoms with Gasteiger partial charge in [-0.25, -0.2) is 0 Å². The van der Waals surface area contributed by atoms with Crippen molar-refractivity contribution in [1.29, 1.82) is 0 Å². The summed E-state index contributed by atoms with van der Waals surface area (Å²) in [6.07, 6.45) is 0. The van der Waals surface area contributed by atoms with Gasteiger partial charge in [0.2, 0.25) is 0 Å². The zero-order chi connectivity index (χ0) is 13.3. The van der Waals surface area contributed by atoms with Crippen LogP contribution in [0.15, 0.2) is 36.4 Å². The minimum absolute atomic E-state index is 0.208. The van der Waals surface area contributed by atoms with Crippen molar-refractivity contribution in [2.75, 3.05) is 0 Å². The van der Waals surface area contributed by atoms with Crippen LogP contribution in [-0.4, -0.2) is 0 Å². The fourth-order valence-electron chi connectivity index (χ4n) is 1.91. The molecular weight excluding hydrogens is 265 g/mol. The monoisotopic (exact) mass is 279 g/mol. The van der Waals surface area contributed by atoms with E-state index in [1.54, 1.807) is 6.07 Å². The molecule has 2 N–H and O–H groups in total. The van der Waals surface area contributed by atoms with Crippen LogP contribution in [0, 0.1) is 13.8 Å². The molecule has 0 saturated heterocycles. The van der Waals surface area contributed by atoms with Gasteiger partial charge in [-0.05, 0) is 54.3 Å². The molecule has 0 saturated carbocycles. The van der Waals surface area contributed by atoms with Gasteiger partial charge < -0.3 is 5.73 Å². The second-order valence-electron chi connectivity index (χ2n) is 4.52. The van der Waals surface area contributed by atoms with E-state index in [2.05, 4.69) is 26.0 Å². The third-order valence-corrected chi connectivity index (χ3v) is 3.57. The first-order chi connectivity index (χ1) is 8.47. The number of halogens is 2. The zero-order valence-corrected chi connectivity index (χ0v) is 11.9. The number of nitrogens with two attached hydrogens (primary N) is 1. The average molecular weight is 280 g/mol. The highest BCUT2D eigenvalue weighted by molar-refractivity contribution is 6.34. The van der Waals surface area contributed by atoms with Gasteiger partial charge in [-0.1, -0.05) is 41.4 Å². The maximum atomic E-state index is 6.26. The summed E-state index contributed by atoms with van der Waals surface area (Å²) in [4.78, 5) is 0. The van der Waals surface area contributed by atoms with Crippen molar-refractivity contribution < 1.29 is 0 Å². The number of aryl methyl sites for hydroxylation is 2. The number of hydrogen-bond acceptors (Lipinski definition) is 1. The Morgan fingerprint density at radius 3 is 2.00 bits per heavy atom. The summed E-state index contributed by atoms with van der Waals surface area (Å²) < 4.78 is 0. The Morgan fingerprint density at radius 1 is 0.833 bits per heavy atom. The van der Waals surface area contributed by atoms with Gasteiger partial charge in [0.1, 0.15) is 0 Å². The van der Waals surface area contributed by atoms with E-state index < -0.39 is 0 Å². The summed E-state index contributed by atoms with van der Waals surface area (Å²) in [5, 5.41) is 1.22. The number of hydrogen-bond donors (Lipinski definition) is 1. The van der Waals surface area contributed by atoms with Crippen molar-refractivity contribution in [2.24, 2.45) is 5.73 Å². The normalized spacial score (nSPS) is 12.5. The van der Waals surface area contributed by atoms with E-state index >= 15 is 0 Å². The van der Waals surface area contributed by atoms with Crippen LogP contribution in [0.25, 0.3) is 0 Å². The minimum Gasteiger partial charge on any atom is -0.320 e. The summed E-state index contributed by atoms with van der Waals surface area (Å²) in [7, 11) is 0. The van der Waals surface area contributed by atoms with Crippen molar-refractivity contribution in [3.8, 4) is 0 Å². The molecule has 0 amide bonds. The van der Waals surface area contributed by atoms with Crippen LogP contribution in [0.2, 0.25) is 10.0 Å². The van der Waals surface area contributed by atoms with Crippen LogP contribution in [0.3, 0.4) is 0 Å². The Balaban J connectivity index is 2.40. The van der Waals surface area contributed by atoms with Crippen LogP contribution in [0.4, 0.5) is 0 Å². The van der Waals surface area contributed by atoms with Crippen LogP contribution in [-0.2, 0) is 0 Å². The van der Waals surface area contributed by atoms with Gasteiger partial charge in [-0.3, -0.25) is 0 Å². The maximum Gasteiger partial charge on any atom is 0.0552 e. The van der Waals surface area contributed by atoms with Gasteiger partial charge in [-0.15, -0.1) is 0 Å². The number of rotatable bonds is 2. The first-order valence-corrected chi connectivity index (χ1v) is 6.51. The molecule has 0 spiro atoms. The number of benzene rings is 2. The molecule has 0 aliphatic rings. The van der Waals surface area contributed by atoms with E-state index in [9.17, 15) is 0 Å². The molecule has 1 nitrogen and oxygen atoms in total. The third kappa shape index (κ3) is 2.86. The van der Waals surface area contributed by atoms with E-state index in [4.69, 9.17) is 28.9 Å². The lowest BCUT2D eigenvalue weighted by Crippen LogP contribution is -2.12. The summed E-state index contributed by atoms with van der Waals surface area (Å²) in [6, 6.07) is 11.4. The molecule has 0 bridgehead atoms. The predicted molar refractivity (Wildman–Crippen MR) is 78.4 cm³/mol. The molecule has 0 aliphatic heterocycles. The molecule has 0 fully saturated rings. The largest absolute Gasteiger partial charge is 0.320 e. The van der Waals surface area contributed by atoms with Crippen LogP contribution in [0.1, 0.15) is 28.3 Å². The van der Waals surface area contributed by atoms with Gasteiger partial charge in [0.05, 0.1) is 6.04 Å². The molecule has 3 heteroatoms. The topological polar surface area (TPSA) is 26.0 Å². The molecule has 0 aliphatic carbocycles. The van der Waals surface area contributed by atoms with Gasteiger partial charge in [-0.2, -0.15) is 0 Å². The molecule has 18 heavy (non-hydrogen) atoms. The fraction of sp³-hybridized carbons (Fsp3) is 0.200. The second-order valence-corrected chi connectivity index (χ2v) is 5.40. The highest BCUT2D eigenvalue weighted by Gasteiger charge is 2.11. The van der Waals surface area contributed by atoms with E-state index in [1.165, 1.54) is 11.1 Å². The Kier molecular flexibility index (Phi) is 3.96. The Bertz CT molecular complexity index is 558. The van der Waals surface area contributed by atoms with Crippen LogP contribution >= 0.6 is 23.2 Å². The summed E-state index contributed by atoms with van der Waals surface area (Å²) >= 11 is 12.0. The van der Waals surface area contributed by atoms with Crippen LogP contribution in [0.5, 0.6) is 0 Å². The lowest BCUT2D eigenvalue weighted by molar-refractivity contribution is 0.869. The van der Waals surface area contributed by atoms with Crippen molar-refractivity contribution >= 4 is 23.2 Å². The highest BCUT2D eigenvalue weighted by Crippen LogP contribution is 2.27. The molecular formula is C15H15Cl2N. The standard InChI is InChI=1S/C15H15Cl2N/c1-9-3-4-11(5-10(9)2)15(18)12-6-13(16)8-14(17)7-12/h3-8,15H,18H2,1-2H3. The summed E-state index contributed by atoms with van der Waals surface area (Å²) in [5.41, 5.74) is 10.7. The van der Waals surface area contributed by atoms with Crippen molar-refractivity contribution in [2.45, 2.75) is 19.9 Å². The Labute approximate surface area is 118 Å². The second kappa shape index (κ2) is 5.31. The molecule has 94 valence electrons. The lowest BCUT2D eigenvalue weighted by atomic mass is 9.96. The first-order valence-electron chi connectivity index (χ1n) is 5.76. The third-order valence-electron chi connectivity index (χ3n) is 3.13. The molecule has 1 unspecified atom stereocenters. The summed E-state index contributed by atoms with van der Waals surface area (Å²) in [5.74, 6) is 0. The highest BCUT2D eigenvalue weighted by atomic mass is 35.5. The van der Waals surface area contributed by atoms with Crippen molar-refractivity contribution in [3.63, 3.8) is 0 Å². The molecule has 2 aromatic carbocycles. The quantitative estimate of drug-likeness (QED) is 0.850. The Hall–Kier alpha value is -1.02. The summed E-state index contributed by atoms with van der Waals surface area (Å²) in [6.45, 7) is 4.16. The molecule has 1 atom stereocenters. The minimum atomic E-state index is -0.208. The Morgan fingerprint density at radius 2 is 1.44 bits per heavy atom. The maximum absolute atomic E-state index is 6.26.